The van der Waals surface area contributed by atoms with E-state index in [1.807, 2.05) is 36.4 Å². The Morgan fingerprint density at radius 2 is 0.800 bits per heavy atom. The standard InChI is InChI=1S/C38H44N2O9S/c1-42-25-19-33(46-5)27(34(20-25)47-6)11-15-37(23-9-13-31(44-3)29(39)17-23)50(41)38(24-10-14-32(45-4)30(40)18-24)16-12-28-35(48-7)21-26(43-2)22-36(28)49-8/h9-22,37-38H,39-40H2,1-8H3. The quantitative estimate of drug-likeness (QED) is 0.118. The summed E-state index contributed by atoms with van der Waals surface area (Å²) in [6.07, 6.45) is 7.32. The lowest BCUT2D eigenvalue weighted by molar-refractivity contribution is 0.374. The van der Waals surface area contributed by atoms with E-state index in [1.165, 1.54) is 0 Å². The number of anilines is 2. The van der Waals surface area contributed by atoms with Crippen LogP contribution in [-0.2, 0) is 10.8 Å². The van der Waals surface area contributed by atoms with Gasteiger partial charge in [0.25, 0.3) is 0 Å². The van der Waals surface area contributed by atoms with Crippen LogP contribution < -0.4 is 49.4 Å². The molecule has 0 bridgehead atoms. The molecule has 0 spiro atoms. The molecule has 0 fully saturated rings. The van der Waals surface area contributed by atoms with Crippen molar-refractivity contribution in [2.45, 2.75) is 10.5 Å². The fraction of sp³-hybridized carbons (Fsp3) is 0.263. The molecular formula is C38H44N2O9S. The molecule has 0 amide bonds. The van der Waals surface area contributed by atoms with Crippen LogP contribution in [0.4, 0.5) is 11.4 Å². The number of nitrogen functional groups attached to an aromatic ring is 2. The third kappa shape index (κ3) is 8.20. The summed E-state index contributed by atoms with van der Waals surface area (Å²) in [7, 11) is 10.7. The van der Waals surface area contributed by atoms with E-state index >= 15 is 4.21 Å². The van der Waals surface area contributed by atoms with Crippen LogP contribution >= 0.6 is 0 Å². The molecule has 11 nitrogen and oxygen atoms in total. The zero-order chi connectivity index (χ0) is 36.4. The molecular weight excluding hydrogens is 660 g/mol. The van der Waals surface area contributed by atoms with Crippen LogP contribution in [0.2, 0.25) is 0 Å². The third-order valence-electron chi connectivity index (χ3n) is 8.05. The van der Waals surface area contributed by atoms with E-state index in [-0.39, 0.29) is 0 Å². The smallest absolute Gasteiger partial charge is 0.141 e. The first kappa shape index (κ1) is 37.3. The Balaban J connectivity index is 1.94. The Morgan fingerprint density at radius 1 is 0.480 bits per heavy atom. The number of rotatable bonds is 16. The van der Waals surface area contributed by atoms with E-state index < -0.39 is 21.3 Å². The minimum atomic E-state index is -1.70. The average Bonchev–Trinajstić information content (AvgIpc) is 3.14. The minimum Gasteiger partial charge on any atom is -0.496 e. The molecule has 0 aromatic heterocycles. The molecule has 4 rings (SSSR count). The molecule has 0 heterocycles. The van der Waals surface area contributed by atoms with E-state index in [9.17, 15) is 0 Å². The molecule has 0 saturated heterocycles. The van der Waals surface area contributed by atoms with Gasteiger partial charge in [-0.1, -0.05) is 24.3 Å². The van der Waals surface area contributed by atoms with Crippen molar-refractivity contribution in [3.05, 3.63) is 95.1 Å². The lowest BCUT2D eigenvalue weighted by Gasteiger charge is -2.22. The SMILES string of the molecule is COc1cc(OC)c(C=CC(c2ccc(OC)c(N)c2)S(=O)C(C=Cc2c(OC)cc(OC)cc2OC)c2ccc(OC)c(N)c2)c(OC)c1. The third-order valence-corrected chi connectivity index (χ3v) is 9.91. The molecule has 0 radical (unpaired) electrons. The zero-order valence-corrected chi connectivity index (χ0v) is 30.3. The summed E-state index contributed by atoms with van der Waals surface area (Å²) in [5, 5.41) is -1.42. The van der Waals surface area contributed by atoms with Crippen LogP contribution in [0.15, 0.2) is 72.8 Å². The van der Waals surface area contributed by atoms with Gasteiger partial charge in [0.15, 0.2) is 0 Å². The van der Waals surface area contributed by atoms with Crippen LogP contribution in [0.1, 0.15) is 32.8 Å². The molecule has 0 aliphatic heterocycles. The number of hydrogen-bond donors (Lipinski definition) is 2. The van der Waals surface area contributed by atoms with Crippen molar-refractivity contribution in [1.82, 2.24) is 0 Å². The lowest BCUT2D eigenvalue weighted by Crippen LogP contribution is -2.13. The van der Waals surface area contributed by atoms with Gasteiger partial charge in [0, 0.05) is 35.1 Å². The van der Waals surface area contributed by atoms with Crippen LogP contribution in [0.3, 0.4) is 0 Å². The largest absolute Gasteiger partial charge is 0.496 e. The highest BCUT2D eigenvalue weighted by atomic mass is 32.2. The topological polar surface area (TPSA) is 143 Å². The minimum absolute atomic E-state index is 0.397. The first-order valence-corrected chi connectivity index (χ1v) is 16.7. The first-order chi connectivity index (χ1) is 24.2. The summed E-state index contributed by atoms with van der Waals surface area (Å²) in [4.78, 5) is 0. The van der Waals surface area contributed by atoms with E-state index in [1.54, 1.807) is 105 Å². The van der Waals surface area contributed by atoms with Gasteiger partial charge >= 0.3 is 0 Å². The predicted molar refractivity (Wildman–Crippen MR) is 199 cm³/mol. The van der Waals surface area contributed by atoms with Crippen LogP contribution in [0.25, 0.3) is 12.2 Å². The van der Waals surface area contributed by atoms with Crippen LogP contribution in [-0.4, -0.2) is 61.1 Å². The van der Waals surface area contributed by atoms with Gasteiger partial charge in [-0.2, -0.15) is 0 Å². The lowest BCUT2D eigenvalue weighted by atomic mass is 10.1. The zero-order valence-electron chi connectivity index (χ0n) is 29.5. The molecule has 4 aromatic carbocycles. The van der Waals surface area contributed by atoms with E-state index in [4.69, 9.17) is 49.4 Å². The van der Waals surface area contributed by atoms with Crippen molar-refractivity contribution in [3.8, 4) is 46.0 Å². The van der Waals surface area contributed by atoms with Crippen molar-refractivity contribution >= 4 is 34.3 Å². The van der Waals surface area contributed by atoms with Gasteiger partial charge in [0.1, 0.15) is 46.0 Å². The molecule has 50 heavy (non-hydrogen) atoms. The van der Waals surface area contributed by atoms with Gasteiger partial charge in [0.05, 0.1) is 89.9 Å². The molecule has 4 N–H and O–H groups in total. The summed E-state index contributed by atoms with van der Waals surface area (Å²) in [6, 6.07) is 17.7. The van der Waals surface area contributed by atoms with Gasteiger partial charge in [-0.15, -0.1) is 0 Å². The molecule has 4 aromatic rings. The van der Waals surface area contributed by atoms with Crippen molar-refractivity contribution in [2.75, 3.05) is 68.3 Å². The van der Waals surface area contributed by atoms with Crippen molar-refractivity contribution in [3.63, 3.8) is 0 Å². The Hall–Kier alpha value is -5.49. The van der Waals surface area contributed by atoms with Crippen molar-refractivity contribution in [2.24, 2.45) is 0 Å². The maximum absolute atomic E-state index is 15.1. The summed E-state index contributed by atoms with van der Waals surface area (Å²) < 4.78 is 59.6. The van der Waals surface area contributed by atoms with E-state index in [0.717, 1.165) is 0 Å². The van der Waals surface area contributed by atoms with Crippen molar-refractivity contribution < 1.29 is 42.1 Å². The summed E-state index contributed by atoms with van der Waals surface area (Å²) >= 11 is 0. The monoisotopic (exact) mass is 704 g/mol. The normalized spacial score (nSPS) is 13.0. The Bertz CT molecular complexity index is 1690. The molecule has 2 atom stereocenters. The van der Waals surface area contributed by atoms with Gasteiger partial charge in [-0.3, -0.25) is 4.21 Å². The molecule has 0 aliphatic rings. The second-order valence-corrected chi connectivity index (χ2v) is 12.5. The maximum Gasteiger partial charge on any atom is 0.141 e. The highest BCUT2D eigenvalue weighted by Crippen LogP contribution is 2.41. The Kier molecular flexibility index (Phi) is 12.9. The summed E-state index contributed by atoms with van der Waals surface area (Å²) in [5.41, 5.74) is 16.2. The molecule has 266 valence electrons. The van der Waals surface area contributed by atoms with Crippen LogP contribution in [0.5, 0.6) is 46.0 Å². The Morgan fingerprint density at radius 3 is 1.06 bits per heavy atom. The van der Waals surface area contributed by atoms with Gasteiger partial charge in [0.2, 0.25) is 0 Å². The van der Waals surface area contributed by atoms with Crippen LogP contribution in [0, 0.1) is 0 Å². The van der Waals surface area contributed by atoms with Gasteiger partial charge in [-0.25, -0.2) is 0 Å². The highest BCUT2D eigenvalue weighted by molar-refractivity contribution is 7.85. The summed E-state index contributed by atoms with van der Waals surface area (Å²) in [5.74, 6) is 4.15. The first-order valence-electron chi connectivity index (χ1n) is 15.4. The Labute approximate surface area is 295 Å². The second kappa shape index (κ2) is 17.3. The number of benzene rings is 4. The number of nitrogens with two attached hydrogens (primary N) is 2. The fourth-order valence-corrected chi connectivity index (χ4v) is 7.04. The van der Waals surface area contributed by atoms with Crippen molar-refractivity contribution in [1.29, 1.82) is 0 Å². The fourth-order valence-electron chi connectivity index (χ4n) is 5.42. The number of hydrogen-bond acceptors (Lipinski definition) is 11. The second-order valence-electron chi connectivity index (χ2n) is 10.8. The van der Waals surface area contributed by atoms with Gasteiger partial charge < -0.3 is 49.4 Å². The average molecular weight is 705 g/mol. The van der Waals surface area contributed by atoms with E-state index in [0.29, 0.717) is 79.6 Å². The molecule has 0 saturated carbocycles. The molecule has 2 unspecified atom stereocenters. The number of ether oxygens (including phenoxy) is 8. The maximum atomic E-state index is 15.1. The number of methoxy groups -OCH3 is 8. The molecule has 12 heteroatoms. The molecule has 0 aliphatic carbocycles. The highest BCUT2D eigenvalue weighted by Gasteiger charge is 2.27. The summed E-state index contributed by atoms with van der Waals surface area (Å²) in [6.45, 7) is 0. The predicted octanol–water partition coefficient (Wildman–Crippen LogP) is 6.88. The van der Waals surface area contributed by atoms with E-state index in [2.05, 4.69) is 0 Å². The van der Waals surface area contributed by atoms with Gasteiger partial charge in [-0.05, 0) is 47.5 Å².